The summed E-state index contributed by atoms with van der Waals surface area (Å²) < 4.78 is 2.29. The molecule has 0 radical (unpaired) electrons. The van der Waals surface area contributed by atoms with E-state index < -0.39 is 0 Å². The molecule has 2 rings (SSSR count). The predicted octanol–water partition coefficient (Wildman–Crippen LogP) is 0.527. The molecule has 1 aromatic carbocycles. The summed E-state index contributed by atoms with van der Waals surface area (Å²) in [6, 6.07) is 3.91. The number of rotatable bonds is 0. The zero-order valence-corrected chi connectivity index (χ0v) is 16.6. The fourth-order valence-electron chi connectivity index (χ4n) is 1.05. The molecule has 0 bridgehead atoms. The van der Waals surface area contributed by atoms with Crippen molar-refractivity contribution in [3.05, 3.63) is 31.3 Å². The van der Waals surface area contributed by atoms with Crippen molar-refractivity contribution in [2.75, 3.05) is 0 Å². The third-order valence-electron chi connectivity index (χ3n) is 1.68. The first-order valence-corrected chi connectivity index (χ1v) is 5.65. The number of aromatic nitrogens is 2. The van der Waals surface area contributed by atoms with Gasteiger partial charge in [0.1, 0.15) is 0 Å². The van der Waals surface area contributed by atoms with Crippen LogP contribution < -0.4 is 58.2 Å². The Morgan fingerprint density at radius 2 is 1.71 bits per heavy atom. The predicted molar refractivity (Wildman–Crippen MR) is 69.0 cm³/mol. The van der Waals surface area contributed by atoms with Crippen LogP contribution in [0, 0.1) is 7.14 Å². The Kier molecular flexibility index (Phi) is 5.68. The summed E-state index contributed by atoms with van der Waals surface area (Å²) in [4.78, 5) is 7.93. The number of benzene rings is 1. The van der Waals surface area contributed by atoms with Crippen molar-refractivity contribution in [3.8, 4) is 0 Å². The summed E-state index contributed by atoms with van der Waals surface area (Å²) in [5, 5.41) is 0.812. The number of nitrogens with zero attached hydrogens (tertiary/aromatic N) is 2. The van der Waals surface area contributed by atoms with E-state index >= 15 is 0 Å². The Bertz CT molecular complexity index is 475. The molecular formula is C8H4I2N3Rb. The van der Waals surface area contributed by atoms with Crippen LogP contribution in [-0.2, 0) is 0 Å². The Morgan fingerprint density at radius 3 is 2.43 bits per heavy atom. The minimum absolute atomic E-state index is 0. The van der Waals surface area contributed by atoms with E-state index in [9.17, 15) is 0 Å². The Balaban J connectivity index is 0.000000980. The molecule has 0 amide bonds. The summed E-state index contributed by atoms with van der Waals surface area (Å²) in [7, 11) is 0. The molecule has 66 valence electrons. The van der Waals surface area contributed by atoms with E-state index in [0.29, 0.717) is 5.82 Å². The molecule has 1 aromatic heterocycles. The molecule has 14 heavy (non-hydrogen) atoms. The van der Waals surface area contributed by atoms with Crippen LogP contribution in [0.4, 0.5) is 5.82 Å². The van der Waals surface area contributed by atoms with Crippen LogP contribution in [0.2, 0.25) is 0 Å². The number of nitrogens with one attached hydrogen (secondary N) is 1. The maximum Gasteiger partial charge on any atom is 1.00 e. The molecule has 0 unspecified atom stereocenters. The Labute approximate surface area is 158 Å². The van der Waals surface area contributed by atoms with E-state index in [1.807, 2.05) is 12.1 Å². The second kappa shape index (κ2) is 5.81. The monoisotopic (exact) mass is 481 g/mol. The van der Waals surface area contributed by atoms with Crippen LogP contribution in [0.1, 0.15) is 0 Å². The Hall–Kier alpha value is 1.63. The normalized spacial score (nSPS) is 9.86. The van der Waals surface area contributed by atoms with E-state index in [2.05, 4.69) is 55.1 Å². The summed E-state index contributed by atoms with van der Waals surface area (Å²) in [6.07, 6.45) is 1.42. The summed E-state index contributed by atoms with van der Waals surface area (Å²) in [6.45, 7) is 0. The molecule has 0 aliphatic carbocycles. The first-order valence-electron chi connectivity index (χ1n) is 3.50. The van der Waals surface area contributed by atoms with Gasteiger partial charge in [-0.25, -0.2) is 0 Å². The molecule has 2 aromatic rings. The van der Waals surface area contributed by atoms with Gasteiger partial charge in [0.25, 0.3) is 0 Å². The van der Waals surface area contributed by atoms with E-state index in [1.54, 1.807) is 0 Å². The van der Waals surface area contributed by atoms with Crippen LogP contribution in [0.3, 0.4) is 0 Å². The van der Waals surface area contributed by atoms with Crippen molar-refractivity contribution < 1.29 is 58.2 Å². The first-order chi connectivity index (χ1) is 6.18. The van der Waals surface area contributed by atoms with E-state index in [0.717, 1.165) is 18.0 Å². The van der Waals surface area contributed by atoms with Crippen molar-refractivity contribution in [3.63, 3.8) is 0 Å². The summed E-state index contributed by atoms with van der Waals surface area (Å²) in [5.74, 6) is 0.291. The molecular weight excluding hydrogens is 477 g/mol. The van der Waals surface area contributed by atoms with Crippen LogP contribution in [0.25, 0.3) is 16.6 Å². The Morgan fingerprint density at radius 1 is 1.07 bits per heavy atom. The molecule has 0 atom stereocenters. The average Bonchev–Trinajstić information content (AvgIpc) is 2.09. The maximum absolute atomic E-state index is 7.57. The van der Waals surface area contributed by atoms with E-state index in [1.165, 1.54) is 6.33 Å². The second-order valence-electron chi connectivity index (χ2n) is 2.51. The smallest absolute Gasteiger partial charge is 0.481 e. The number of fused-ring (bicyclic) bond motifs is 1. The topological polar surface area (TPSA) is 49.6 Å². The van der Waals surface area contributed by atoms with Gasteiger partial charge in [-0.15, -0.1) is 0 Å². The second-order valence-corrected chi connectivity index (χ2v) is 4.83. The van der Waals surface area contributed by atoms with Gasteiger partial charge in [0.15, 0.2) is 0 Å². The van der Waals surface area contributed by atoms with E-state index in [4.69, 9.17) is 5.73 Å². The standard InChI is InChI=1S/C8H4I2N3.Rb/c9-5-1-4-7(2-6(5)10)12-3-13-8(4)11;/h1-3H,(H-,11,12,13);/q-1;+1. The van der Waals surface area contributed by atoms with Crippen LogP contribution in [0.15, 0.2) is 18.5 Å². The molecule has 0 aliphatic rings. The third-order valence-corrected chi connectivity index (χ3v) is 4.49. The summed E-state index contributed by atoms with van der Waals surface area (Å²) >= 11 is 4.50. The van der Waals surface area contributed by atoms with Gasteiger partial charge in [0, 0.05) is 13.5 Å². The van der Waals surface area contributed by atoms with Crippen molar-refractivity contribution in [2.24, 2.45) is 0 Å². The van der Waals surface area contributed by atoms with Gasteiger partial charge in [-0.1, -0.05) is 5.82 Å². The molecule has 6 heteroatoms. The quantitative estimate of drug-likeness (QED) is 0.516. The zero-order chi connectivity index (χ0) is 9.42. The first kappa shape index (κ1) is 13.7. The van der Waals surface area contributed by atoms with Crippen LogP contribution in [-0.4, -0.2) is 9.97 Å². The van der Waals surface area contributed by atoms with Gasteiger partial charge in [-0.3, -0.25) is 4.98 Å². The number of hydrogen-bond donors (Lipinski definition) is 0. The fraction of sp³-hybridized carbons (Fsp3) is 0. The third kappa shape index (κ3) is 2.85. The fourth-order valence-corrected chi connectivity index (χ4v) is 1.97. The molecule has 1 heterocycles. The van der Waals surface area contributed by atoms with Gasteiger partial charge in [0.05, 0.1) is 5.52 Å². The van der Waals surface area contributed by atoms with Gasteiger partial charge in [0.2, 0.25) is 0 Å². The minimum Gasteiger partial charge on any atom is -0.481 e. The average molecular weight is 481 g/mol. The number of halogens is 2. The van der Waals surface area contributed by atoms with Crippen molar-refractivity contribution >= 4 is 61.9 Å². The van der Waals surface area contributed by atoms with Gasteiger partial charge >= 0.3 is 58.2 Å². The van der Waals surface area contributed by atoms with Crippen molar-refractivity contribution in [2.45, 2.75) is 0 Å². The SMILES string of the molecule is [NH-]c1ncnc2cc(I)c(I)cc12.[Rb+]. The molecule has 0 saturated heterocycles. The molecule has 3 nitrogen and oxygen atoms in total. The molecule has 0 aliphatic heterocycles. The van der Waals surface area contributed by atoms with Crippen LogP contribution >= 0.6 is 45.2 Å². The molecule has 1 N–H and O–H groups in total. The van der Waals surface area contributed by atoms with E-state index in [-0.39, 0.29) is 58.2 Å². The zero-order valence-electron chi connectivity index (χ0n) is 7.38. The van der Waals surface area contributed by atoms with Gasteiger partial charge in [-0.05, 0) is 62.7 Å². The molecule has 0 spiro atoms. The molecule has 0 fully saturated rings. The van der Waals surface area contributed by atoms with Crippen LogP contribution in [0.5, 0.6) is 0 Å². The molecule has 0 saturated carbocycles. The number of hydrogen-bond acceptors (Lipinski definition) is 2. The largest absolute Gasteiger partial charge is 1.00 e. The van der Waals surface area contributed by atoms with Gasteiger partial charge < -0.3 is 10.7 Å². The van der Waals surface area contributed by atoms with Crippen molar-refractivity contribution in [1.82, 2.24) is 9.97 Å². The van der Waals surface area contributed by atoms with Gasteiger partial charge in [-0.2, -0.15) is 0 Å². The maximum atomic E-state index is 7.57. The minimum atomic E-state index is 0. The van der Waals surface area contributed by atoms with Crippen molar-refractivity contribution in [1.29, 1.82) is 0 Å². The summed E-state index contributed by atoms with van der Waals surface area (Å²) in [5.41, 5.74) is 8.41.